The fraction of sp³-hybridized carbons (Fsp3) is 0.375. The highest BCUT2D eigenvalue weighted by atomic mass is 127. The molecule has 0 saturated carbocycles. The minimum atomic E-state index is -3.38. The van der Waals surface area contributed by atoms with Gasteiger partial charge in [0.25, 0.3) is 0 Å². The van der Waals surface area contributed by atoms with E-state index in [1.54, 1.807) is 24.3 Å². The number of sulfone groups is 1. The number of hydrogen-bond acceptors (Lipinski definition) is 3. The molecule has 2 nitrogen and oxygen atoms in total. The van der Waals surface area contributed by atoms with E-state index in [4.69, 9.17) is 0 Å². The molecule has 0 amide bonds. The molecule has 2 rings (SSSR count). The maximum Gasteiger partial charge on any atom is 0.216 e. The Kier molecular flexibility index (Phi) is 6.25. The van der Waals surface area contributed by atoms with Crippen molar-refractivity contribution < 1.29 is 8.42 Å². The second kappa shape index (κ2) is 7.74. The molecule has 1 aromatic carbocycles. The highest BCUT2D eigenvalue weighted by molar-refractivity contribution is 14.1. The monoisotopic (exact) mass is 434 g/mol. The van der Waals surface area contributed by atoms with Crippen molar-refractivity contribution in [2.24, 2.45) is 0 Å². The normalized spacial score (nSPS) is 11.7. The molecule has 0 aliphatic rings. The topological polar surface area (TPSA) is 34.1 Å². The van der Waals surface area contributed by atoms with Gasteiger partial charge < -0.3 is 0 Å². The molecule has 0 atom stereocenters. The quantitative estimate of drug-likeness (QED) is 0.437. The van der Waals surface area contributed by atoms with Crippen LogP contribution in [0.2, 0.25) is 0 Å². The van der Waals surface area contributed by atoms with Crippen molar-refractivity contribution in [1.29, 1.82) is 0 Å². The van der Waals surface area contributed by atoms with Gasteiger partial charge >= 0.3 is 0 Å². The van der Waals surface area contributed by atoms with Crippen molar-refractivity contribution in [3.05, 3.63) is 44.8 Å². The average Bonchev–Trinajstić information content (AvgIpc) is 2.86. The predicted molar refractivity (Wildman–Crippen MR) is 96.8 cm³/mol. The lowest BCUT2D eigenvalue weighted by molar-refractivity contribution is 0.596. The van der Waals surface area contributed by atoms with Crippen LogP contribution in [0.15, 0.2) is 45.5 Å². The molecule has 2 aromatic rings. The first-order valence-electron chi connectivity index (χ1n) is 7.14. The Morgan fingerprint density at radius 1 is 1.10 bits per heavy atom. The second-order valence-electron chi connectivity index (χ2n) is 4.99. The first-order chi connectivity index (χ1) is 10.1. The lowest BCUT2D eigenvalue weighted by atomic mass is 10.1. The lowest BCUT2D eigenvalue weighted by Crippen LogP contribution is -2.02. The third kappa shape index (κ3) is 4.29. The number of hydrogen-bond donors (Lipinski definition) is 0. The van der Waals surface area contributed by atoms with E-state index in [0.29, 0.717) is 9.10 Å². The smallest absolute Gasteiger partial charge is 0.216 e. The van der Waals surface area contributed by atoms with Crippen molar-refractivity contribution in [3.63, 3.8) is 0 Å². The molecule has 1 heterocycles. The minimum absolute atomic E-state index is 0.387. The van der Waals surface area contributed by atoms with Gasteiger partial charge in [-0.3, -0.25) is 0 Å². The van der Waals surface area contributed by atoms with E-state index in [2.05, 4.69) is 29.5 Å². The molecule has 1 aromatic heterocycles. The molecule has 0 aliphatic heterocycles. The number of thiophene rings is 1. The molecule has 0 bridgehead atoms. The second-order valence-corrected chi connectivity index (χ2v) is 10.1. The summed E-state index contributed by atoms with van der Waals surface area (Å²) in [5.74, 6) is 0. The molecular formula is C16H19IO2S2. The van der Waals surface area contributed by atoms with E-state index < -0.39 is 9.84 Å². The van der Waals surface area contributed by atoms with Crippen LogP contribution in [0, 0.1) is 2.88 Å². The zero-order valence-electron chi connectivity index (χ0n) is 12.0. The third-order valence-corrected chi connectivity index (χ3v) is 7.62. The van der Waals surface area contributed by atoms with Gasteiger partial charge in [-0.1, -0.05) is 44.4 Å². The third-order valence-electron chi connectivity index (χ3n) is 3.34. The highest BCUT2D eigenvalue weighted by Gasteiger charge is 2.23. The van der Waals surface area contributed by atoms with E-state index >= 15 is 0 Å². The Morgan fingerprint density at radius 3 is 2.48 bits per heavy atom. The Labute approximate surface area is 144 Å². The Balaban J connectivity index is 2.27. The summed E-state index contributed by atoms with van der Waals surface area (Å²) >= 11 is 3.59. The van der Waals surface area contributed by atoms with E-state index in [-0.39, 0.29) is 0 Å². The molecule has 0 N–H and O–H groups in total. The summed E-state index contributed by atoms with van der Waals surface area (Å²) < 4.78 is 27.1. The van der Waals surface area contributed by atoms with Crippen LogP contribution in [-0.4, -0.2) is 8.42 Å². The summed E-state index contributed by atoms with van der Waals surface area (Å²) in [5, 5.41) is 0. The Bertz CT molecular complexity index is 676. The fourth-order valence-corrected chi connectivity index (χ4v) is 6.62. The summed E-state index contributed by atoms with van der Waals surface area (Å²) in [6.45, 7) is 2.18. The molecule has 0 unspecified atom stereocenters. The zero-order chi connectivity index (χ0) is 15.3. The summed E-state index contributed by atoms with van der Waals surface area (Å²) in [7, 11) is -3.38. The number of halogens is 1. The molecule has 0 radical (unpaired) electrons. The van der Waals surface area contributed by atoms with Crippen molar-refractivity contribution in [1.82, 2.24) is 0 Å². The Hall–Kier alpha value is -0.400. The van der Waals surface area contributed by atoms with E-state index in [0.717, 1.165) is 27.7 Å². The van der Waals surface area contributed by atoms with Gasteiger partial charge in [-0.05, 0) is 59.2 Å². The van der Waals surface area contributed by atoms with Crippen molar-refractivity contribution in [2.45, 2.75) is 48.1 Å². The van der Waals surface area contributed by atoms with Gasteiger partial charge in [0.1, 0.15) is 4.21 Å². The lowest BCUT2D eigenvalue weighted by Gasteiger charge is -2.05. The van der Waals surface area contributed by atoms with Crippen LogP contribution in [0.3, 0.4) is 0 Å². The maximum atomic E-state index is 12.8. The SMILES string of the molecule is CCCCCCc1cc(I)sc1S(=O)(=O)c1ccccc1. The van der Waals surface area contributed by atoms with E-state index in [9.17, 15) is 8.42 Å². The number of aryl methyl sites for hydroxylation is 1. The molecule has 0 saturated heterocycles. The van der Waals surface area contributed by atoms with Crippen LogP contribution in [0.5, 0.6) is 0 Å². The van der Waals surface area contributed by atoms with Gasteiger partial charge in [0.2, 0.25) is 9.84 Å². The van der Waals surface area contributed by atoms with Crippen molar-refractivity contribution in [3.8, 4) is 0 Å². The van der Waals surface area contributed by atoms with Crippen LogP contribution >= 0.6 is 33.9 Å². The standard InChI is InChI=1S/C16H19IO2S2/c1-2-3-4-6-9-13-12-15(17)20-16(13)21(18,19)14-10-7-5-8-11-14/h5,7-8,10-12H,2-4,6,9H2,1H3. The molecule has 0 aliphatic carbocycles. The minimum Gasteiger partial charge on any atom is -0.218 e. The van der Waals surface area contributed by atoms with Gasteiger partial charge in [-0.15, -0.1) is 11.3 Å². The summed E-state index contributed by atoms with van der Waals surface area (Å²) in [5.41, 5.74) is 0.976. The van der Waals surface area contributed by atoms with Crippen LogP contribution in [0.25, 0.3) is 0 Å². The van der Waals surface area contributed by atoms with Crippen LogP contribution < -0.4 is 0 Å². The van der Waals surface area contributed by atoms with Gasteiger partial charge in [0.05, 0.1) is 7.78 Å². The zero-order valence-corrected chi connectivity index (χ0v) is 15.8. The van der Waals surface area contributed by atoms with Crippen molar-refractivity contribution >= 4 is 43.8 Å². The number of rotatable bonds is 7. The largest absolute Gasteiger partial charge is 0.218 e. The molecule has 5 heteroatoms. The molecular weight excluding hydrogens is 415 g/mol. The van der Waals surface area contributed by atoms with Crippen LogP contribution in [0.1, 0.15) is 38.2 Å². The van der Waals surface area contributed by atoms with Crippen LogP contribution in [-0.2, 0) is 16.3 Å². The van der Waals surface area contributed by atoms with E-state index in [1.165, 1.54) is 24.2 Å². The summed E-state index contributed by atoms with van der Waals surface area (Å²) in [4.78, 5) is 0.387. The Morgan fingerprint density at radius 2 is 1.81 bits per heavy atom. The average molecular weight is 434 g/mol. The summed E-state index contributed by atoms with van der Waals surface area (Å²) in [6, 6.07) is 10.7. The first kappa shape index (κ1) is 17.0. The highest BCUT2D eigenvalue weighted by Crippen LogP contribution is 2.33. The molecule has 21 heavy (non-hydrogen) atoms. The number of unbranched alkanes of at least 4 members (excludes halogenated alkanes) is 3. The molecule has 114 valence electrons. The van der Waals surface area contributed by atoms with Gasteiger partial charge in [0, 0.05) is 0 Å². The first-order valence-corrected chi connectivity index (χ1v) is 10.5. The van der Waals surface area contributed by atoms with Gasteiger partial charge in [-0.25, -0.2) is 8.42 Å². The molecule has 0 spiro atoms. The maximum absolute atomic E-state index is 12.8. The van der Waals surface area contributed by atoms with Crippen LogP contribution in [0.4, 0.5) is 0 Å². The fourth-order valence-electron chi connectivity index (χ4n) is 2.23. The number of benzene rings is 1. The predicted octanol–water partition coefficient (Wildman–Crippen LogP) is 5.31. The van der Waals surface area contributed by atoms with Crippen molar-refractivity contribution in [2.75, 3.05) is 0 Å². The van der Waals surface area contributed by atoms with Gasteiger partial charge in [0.15, 0.2) is 0 Å². The van der Waals surface area contributed by atoms with E-state index in [1.807, 2.05) is 12.1 Å². The summed E-state index contributed by atoms with van der Waals surface area (Å²) in [6.07, 6.45) is 5.46. The molecule has 0 fully saturated rings. The van der Waals surface area contributed by atoms with Gasteiger partial charge in [-0.2, -0.15) is 0 Å².